The fourth-order valence-corrected chi connectivity index (χ4v) is 4.77. The molecule has 4 N–H and O–H groups in total. The van der Waals surface area contributed by atoms with Gasteiger partial charge in [-0.2, -0.15) is 5.10 Å². The topological polar surface area (TPSA) is 120 Å². The Morgan fingerprint density at radius 3 is 3.14 bits per heavy atom. The first kappa shape index (κ1) is 19.4. The average molecular weight is 391 g/mol. The first-order chi connectivity index (χ1) is 13.6. The summed E-state index contributed by atoms with van der Waals surface area (Å²) in [4.78, 5) is 28.0. The molecule has 4 rings (SSSR count). The summed E-state index contributed by atoms with van der Waals surface area (Å²) >= 11 is 0. The van der Waals surface area contributed by atoms with E-state index in [1.807, 2.05) is 0 Å². The summed E-state index contributed by atoms with van der Waals surface area (Å²) in [6.45, 7) is 3.12. The van der Waals surface area contributed by atoms with Gasteiger partial charge in [0, 0.05) is 43.4 Å². The van der Waals surface area contributed by atoms with Gasteiger partial charge in [0.05, 0.1) is 13.2 Å². The molecular formula is C19H29N5O4. The predicted molar refractivity (Wildman–Crippen MR) is 101 cm³/mol. The fraction of sp³-hybridized carbons (Fsp3) is 0.737. The maximum atomic E-state index is 12.9. The molecule has 2 atom stereocenters. The molecule has 2 fully saturated rings. The highest BCUT2D eigenvalue weighted by Crippen LogP contribution is 2.38. The Labute approximate surface area is 164 Å². The van der Waals surface area contributed by atoms with Crippen molar-refractivity contribution in [2.45, 2.75) is 56.7 Å². The number of aromatic amines is 1. The molecule has 3 aliphatic rings. The van der Waals surface area contributed by atoms with E-state index in [2.05, 4.69) is 25.7 Å². The summed E-state index contributed by atoms with van der Waals surface area (Å²) in [5.74, 6) is -0.188. The third-order valence-corrected chi connectivity index (χ3v) is 6.19. The van der Waals surface area contributed by atoms with E-state index in [1.54, 1.807) is 0 Å². The fourth-order valence-electron chi connectivity index (χ4n) is 4.77. The molecule has 2 saturated heterocycles. The number of nitrogens with zero attached hydrogens (tertiary/aromatic N) is 2. The molecule has 0 bridgehead atoms. The van der Waals surface area contributed by atoms with Gasteiger partial charge in [-0.15, -0.1) is 0 Å². The van der Waals surface area contributed by atoms with Gasteiger partial charge in [-0.3, -0.25) is 19.6 Å². The zero-order valence-corrected chi connectivity index (χ0v) is 16.1. The normalized spacial score (nSPS) is 27.1. The monoisotopic (exact) mass is 391 g/mol. The molecule has 154 valence electrons. The summed E-state index contributed by atoms with van der Waals surface area (Å²) in [5.41, 5.74) is 1.66. The number of carbonyl (C=O) groups is 2. The summed E-state index contributed by atoms with van der Waals surface area (Å²) in [7, 11) is 0. The minimum absolute atomic E-state index is 0.0166. The zero-order chi connectivity index (χ0) is 19.6. The van der Waals surface area contributed by atoms with Gasteiger partial charge in [0.1, 0.15) is 5.54 Å². The third kappa shape index (κ3) is 3.54. The van der Waals surface area contributed by atoms with Crippen LogP contribution in [0.5, 0.6) is 0 Å². The number of hydrogen-bond acceptors (Lipinski definition) is 6. The lowest BCUT2D eigenvalue weighted by Crippen LogP contribution is -2.57. The standard InChI is InChI=1S/C19H29N5O4/c25-8-3-6-20-18(27)19-5-1-2-7-24(19)11-13(10-19)21-17(26)16-14-12-28-9-4-15(14)22-23-16/h13,25H,1-12H2,(H,20,27)(H,21,26)(H,22,23)/t13-,19-/m0/s1. The molecule has 9 nitrogen and oxygen atoms in total. The van der Waals surface area contributed by atoms with Crippen LogP contribution in [-0.2, 0) is 22.6 Å². The van der Waals surface area contributed by atoms with Crippen LogP contribution < -0.4 is 10.6 Å². The van der Waals surface area contributed by atoms with E-state index >= 15 is 0 Å². The van der Waals surface area contributed by atoms with E-state index in [9.17, 15) is 9.59 Å². The molecule has 3 aliphatic heterocycles. The maximum Gasteiger partial charge on any atom is 0.272 e. The second-order valence-corrected chi connectivity index (χ2v) is 7.97. The number of aliphatic hydroxyl groups excluding tert-OH is 1. The van der Waals surface area contributed by atoms with Gasteiger partial charge in [0.2, 0.25) is 5.91 Å². The van der Waals surface area contributed by atoms with Crippen molar-refractivity contribution in [3.8, 4) is 0 Å². The summed E-state index contributed by atoms with van der Waals surface area (Å²) < 4.78 is 5.47. The summed E-state index contributed by atoms with van der Waals surface area (Å²) in [5, 5.41) is 22.2. The van der Waals surface area contributed by atoms with Crippen molar-refractivity contribution < 1.29 is 19.4 Å². The Bertz CT molecular complexity index is 736. The van der Waals surface area contributed by atoms with E-state index in [4.69, 9.17) is 9.84 Å². The molecule has 4 heterocycles. The van der Waals surface area contributed by atoms with Crippen LogP contribution in [0.1, 0.15) is 53.8 Å². The molecule has 0 unspecified atom stereocenters. The third-order valence-electron chi connectivity index (χ3n) is 6.19. The highest BCUT2D eigenvalue weighted by atomic mass is 16.5. The molecule has 1 aromatic heterocycles. The Morgan fingerprint density at radius 2 is 2.29 bits per heavy atom. The first-order valence-corrected chi connectivity index (χ1v) is 10.2. The SMILES string of the molecule is O=C(N[C@@H]1CN2CCCC[C@@]2(C(=O)NCCCO)C1)c1n[nH]c2c1COCC2. The molecule has 0 saturated carbocycles. The van der Waals surface area contributed by atoms with Crippen molar-refractivity contribution in [3.05, 3.63) is 17.0 Å². The predicted octanol–water partition coefficient (Wildman–Crippen LogP) is -0.292. The summed E-state index contributed by atoms with van der Waals surface area (Å²) in [6, 6.07) is -0.0916. The van der Waals surface area contributed by atoms with Crippen LogP contribution >= 0.6 is 0 Å². The Morgan fingerprint density at radius 1 is 1.39 bits per heavy atom. The first-order valence-electron chi connectivity index (χ1n) is 10.2. The molecule has 0 aromatic carbocycles. The van der Waals surface area contributed by atoms with Gasteiger partial charge in [-0.05, 0) is 38.6 Å². The van der Waals surface area contributed by atoms with Crippen LogP contribution in [0.4, 0.5) is 0 Å². The maximum absolute atomic E-state index is 12.9. The van der Waals surface area contributed by atoms with Crippen LogP contribution in [0.2, 0.25) is 0 Å². The Kier molecular flexibility index (Phi) is 5.65. The van der Waals surface area contributed by atoms with Crippen LogP contribution in [-0.4, -0.2) is 76.4 Å². The number of H-pyrrole nitrogens is 1. The smallest absolute Gasteiger partial charge is 0.272 e. The van der Waals surface area contributed by atoms with Crippen molar-refractivity contribution >= 4 is 11.8 Å². The quantitative estimate of drug-likeness (QED) is 0.495. The minimum Gasteiger partial charge on any atom is -0.396 e. The highest BCUT2D eigenvalue weighted by Gasteiger charge is 2.52. The Hall–Kier alpha value is -1.97. The largest absolute Gasteiger partial charge is 0.396 e. The number of hydrogen-bond donors (Lipinski definition) is 4. The highest BCUT2D eigenvalue weighted by molar-refractivity contribution is 5.94. The molecule has 28 heavy (non-hydrogen) atoms. The molecular weight excluding hydrogens is 362 g/mol. The van der Waals surface area contributed by atoms with Gasteiger partial charge < -0.3 is 20.5 Å². The van der Waals surface area contributed by atoms with Crippen LogP contribution in [0, 0.1) is 0 Å². The second-order valence-electron chi connectivity index (χ2n) is 7.97. The molecule has 0 radical (unpaired) electrons. The minimum atomic E-state index is -0.556. The van der Waals surface area contributed by atoms with E-state index in [0.717, 1.165) is 43.5 Å². The van der Waals surface area contributed by atoms with E-state index in [-0.39, 0.29) is 24.5 Å². The zero-order valence-electron chi connectivity index (χ0n) is 16.1. The number of aliphatic hydroxyl groups is 1. The van der Waals surface area contributed by atoms with E-state index < -0.39 is 5.54 Å². The van der Waals surface area contributed by atoms with Gasteiger partial charge in [0.15, 0.2) is 5.69 Å². The van der Waals surface area contributed by atoms with Crippen molar-refractivity contribution in [1.82, 2.24) is 25.7 Å². The van der Waals surface area contributed by atoms with Gasteiger partial charge in [-0.1, -0.05) is 0 Å². The molecule has 0 aliphatic carbocycles. The number of piperidine rings is 1. The van der Waals surface area contributed by atoms with Crippen molar-refractivity contribution in [2.24, 2.45) is 0 Å². The van der Waals surface area contributed by atoms with E-state index in [1.165, 1.54) is 0 Å². The van der Waals surface area contributed by atoms with Crippen LogP contribution in [0.15, 0.2) is 0 Å². The lowest BCUT2D eigenvalue weighted by Gasteiger charge is -2.40. The van der Waals surface area contributed by atoms with Crippen LogP contribution in [0.25, 0.3) is 0 Å². The van der Waals surface area contributed by atoms with E-state index in [0.29, 0.717) is 44.8 Å². The van der Waals surface area contributed by atoms with Gasteiger partial charge in [0.25, 0.3) is 5.91 Å². The lowest BCUT2D eigenvalue weighted by atomic mass is 9.84. The van der Waals surface area contributed by atoms with Gasteiger partial charge >= 0.3 is 0 Å². The lowest BCUT2D eigenvalue weighted by molar-refractivity contribution is -0.133. The molecule has 2 amide bonds. The number of ether oxygens (including phenoxy) is 1. The number of rotatable bonds is 6. The second kappa shape index (κ2) is 8.18. The number of amides is 2. The number of carbonyl (C=O) groups excluding carboxylic acids is 2. The van der Waals surface area contributed by atoms with Crippen molar-refractivity contribution in [3.63, 3.8) is 0 Å². The Balaban J connectivity index is 1.44. The van der Waals surface area contributed by atoms with Crippen LogP contribution in [0.3, 0.4) is 0 Å². The van der Waals surface area contributed by atoms with Crippen molar-refractivity contribution in [1.29, 1.82) is 0 Å². The molecule has 0 spiro atoms. The number of nitrogens with one attached hydrogen (secondary N) is 3. The molecule has 1 aromatic rings. The average Bonchev–Trinajstić information content (AvgIpc) is 3.29. The number of aromatic nitrogens is 2. The van der Waals surface area contributed by atoms with Crippen molar-refractivity contribution in [2.75, 3.05) is 32.8 Å². The van der Waals surface area contributed by atoms with Gasteiger partial charge in [-0.25, -0.2) is 0 Å². The molecule has 9 heteroatoms. The number of fused-ring (bicyclic) bond motifs is 2. The summed E-state index contributed by atoms with van der Waals surface area (Å²) in [6.07, 6.45) is 4.77.